The predicted molar refractivity (Wildman–Crippen MR) is 94.4 cm³/mol. The molecule has 4 unspecified atom stereocenters. The summed E-state index contributed by atoms with van der Waals surface area (Å²) in [7, 11) is 0. The summed E-state index contributed by atoms with van der Waals surface area (Å²) in [4.78, 5) is 37.1. The van der Waals surface area contributed by atoms with E-state index < -0.39 is 12.0 Å². The average Bonchev–Trinajstić information content (AvgIpc) is 2.91. The van der Waals surface area contributed by atoms with Gasteiger partial charge in [0.15, 0.2) is 0 Å². The molecular weight excluding hydrogens is 316 g/mol. The van der Waals surface area contributed by atoms with Crippen LogP contribution in [0.1, 0.15) is 32.3 Å². The molecule has 5 nitrogen and oxygen atoms in total. The van der Waals surface area contributed by atoms with Crippen LogP contribution in [-0.2, 0) is 20.8 Å². The maximum absolute atomic E-state index is 12.5. The molecule has 0 spiro atoms. The van der Waals surface area contributed by atoms with Crippen LogP contribution >= 0.6 is 0 Å². The van der Waals surface area contributed by atoms with Gasteiger partial charge in [-0.1, -0.05) is 55.8 Å². The Morgan fingerprint density at radius 2 is 1.76 bits per heavy atom. The number of hydrogen-bond donors (Lipinski definition) is 2. The molecule has 5 heteroatoms. The summed E-state index contributed by atoms with van der Waals surface area (Å²) in [6.45, 7) is 4.04. The summed E-state index contributed by atoms with van der Waals surface area (Å²) >= 11 is 0. The van der Waals surface area contributed by atoms with Gasteiger partial charge in [0, 0.05) is 0 Å². The van der Waals surface area contributed by atoms with Crippen molar-refractivity contribution in [3.63, 3.8) is 0 Å². The van der Waals surface area contributed by atoms with Crippen molar-refractivity contribution in [3.05, 3.63) is 47.5 Å². The van der Waals surface area contributed by atoms with Gasteiger partial charge < -0.3 is 5.32 Å². The van der Waals surface area contributed by atoms with E-state index in [9.17, 15) is 14.4 Å². The molecule has 1 heterocycles. The first-order valence-electron chi connectivity index (χ1n) is 8.93. The lowest BCUT2D eigenvalue weighted by Crippen LogP contribution is -2.50. The van der Waals surface area contributed by atoms with Gasteiger partial charge in [0.05, 0.1) is 24.3 Å². The average molecular weight is 340 g/mol. The van der Waals surface area contributed by atoms with E-state index in [4.69, 9.17) is 0 Å². The minimum absolute atomic E-state index is 0.0497. The van der Waals surface area contributed by atoms with Gasteiger partial charge in [-0.3, -0.25) is 19.7 Å². The molecule has 0 radical (unpaired) electrons. The molecule has 132 valence electrons. The molecule has 1 aromatic carbocycles. The van der Waals surface area contributed by atoms with Crippen LogP contribution in [0.3, 0.4) is 0 Å². The molecule has 1 saturated heterocycles. The topological polar surface area (TPSA) is 75.3 Å². The number of allylic oxidation sites excluding steroid dienone is 1. The predicted octanol–water partition coefficient (Wildman–Crippen LogP) is 1.98. The Balaban J connectivity index is 1.83. The third-order valence-electron chi connectivity index (χ3n) is 5.29. The van der Waals surface area contributed by atoms with Crippen LogP contribution in [0, 0.1) is 17.8 Å². The number of amides is 3. The lowest BCUT2D eigenvalue weighted by Gasteiger charge is -2.36. The molecule has 1 aromatic rings. The van der Waals surface area contributed by atoms with Gasteiger partial charge in [-0.15, -0.1) is 0 Å². The zero-order valence-corrected chi connectivity index (χ0v) is 14.6. The maximum atomic E-state index is 12.5. The summed E-state index contributed by atoms with van der Waals surface area (Å²) in [6.07, 6.45) is 3.90. The first-order chi connectivity index (χ1) is 12.0. The van der Waals surface area contributed by atoms with E-state index in [2.05, 4.69) is 16.7 Å². The van der Waals surface area contributed by atoms with Gasteiger partial charge in [0.25, 0.3) is 0 Å². The second-order valence-electron chi connectivity index (χ2n) is 6.78. The van der Waals surface area contributed by atoms with E-state index in [0.717, 1.165) is 24.0 Å². The Bertz CT molecular complexity index is 711. The number of rotatable bonds is 5. The van der Waals surface area contributed by atoms with E-state index in [-0.39, 0.29) is 36.0 Å². The second kappa shape index (κ2) is 7.21. The van der Waals surface area contributed by atoms with E-state index in [0.29, 0.717) is 0 Å². The molecule has 0 bridgehead atoms. The largest absolute Gasteiger partial charge is 0.349 e. The Morgan fingerprint density at radius 3 is 2.40 bits per heavy atom. The van der Waals surface area contributed by atoms with Gasteiger partial charge in [-0.25, -0.2) is 0 Å². The first kappa shape index (κ1) is 17.4. The lowest BCUT2D eigenvalue weighted by molar-refractivity contribution is -0.126. The van der Waals surface area contributed by atoms with Gasteiger partial charge in [0.1, 0.15) is 0 Å². The minimum Gasteiger partial charge on any atom is -0.349 e. The summed E-state index contributed by atoms with van der Waals surface area (Å²) in [6, 6.07) is 9.10. The van der Waals surface area contributed by atoms with Gasteiger partial charge in [-0.05, 0) is 24.3 Å². The van der Waals surface area contributed by atoms with Crippen molar-refractivity contribution in [2.45, 2.75) is 39.2 Å². The highest BCUT2D eigenvalue weighted by molar-refractivity contribution is 6.06. The molecule has 2 N–H and O–H groups in total. The second-order valence-corrected chi connectivity index (χ2v) is 6.78. The monoisotopic (exact) mass is 340 g/mol. The molecule has 3 amide bonds. The van der Waals surface area contributed by atoms with E-state index in [1.54, 1.807) is 0 Å². The Morgan fingerprint density at radius 1 is 1.08 bits per heavy atom. The fourth-order valence-electron chi connectivity index (χ4n) is 4.04. The SMILES string of the molecule is CCC1=CC(CC)C2C(=O)NC(=O)C2C1NC(=O)Cc1ccccc1. The summed E-state index contributed by atoms with van der Waals surface area (Å²) in [5, 5.41) is 5.47. The molecule has 3 rings (SSSR count). The Labute approximate surface area is 147 Å². The number of imide groups is 1. The molecule has 1 fully saturated rings. The summed E-state index contributed by atoms with van der Waals surface area (Å²) in [5.74, 6) is -1.44. The maximum Gasteiger partial charge on any atom is 0.232 e. The van der Waals surface area contributed by atoms with E-state index in [1.807, 2.05) is 44.2 Å². The van der Waals surface area contributed by atoms with Crippen molar-refractivity contribution in [1.29, 1.82) is 0 Å². The third kappa shape index (κ3) is 3.36. The number of benzene rings is 1. The van der Waals surface area contributed by atoms with Crippen LogP contribution in [0.25, 0.3) is 0 Å². The van der Waals surface area contributed by atoms with Crippen molar-refractivity contribution in [2.24, 2.45) is 17.8 Å². The van der Waals surface area contributed by atoms with Crippen LogP contribution in [0.2, 0.25) is 0 Å². The van der Waals surface area contributed by atoms with Crippen LogP contribution in [0.15, 0.2) is 42.0 Å². The molecule has 0 aromatic heterocycles. The normalized spacial score (nSPS) is 28.2. The molecule has 25 heavy (non-hydrogen) atoms. The number of carbonyl (C=O) groups excluding carboxylic acids is 3. The third-order valence-corrected chi connectivity index (χ3v) is 5.29. The highest BCUT2D eigenvalue weighted by Gasteiger charge is 2.52. The molecule has 2 aliphatic rings. The lowest BCUT2D eigenvalue weighted by atomic mass is 9.70. The molecule has 1 aliphatic carbocycles. The standard InChI is InChI=1S/C20H24N2O3/c1-3-13-11-14(4-2)18(17-16(13)19(24)22-20(17)25)21-15(23)10-12-8-6-5-7-9-12/h5-9,11,13,16-18H,3-4,10H2,1-2H3,(H,21,23)(H,22,24,25). The van der Waals surface area contributed by atoms with Crippen LogP contribution in [-0.4, -0.2) is 23.8 Å². The van der Waals surface area contributed by atoms with Crippen molar-refractivity contribution >= 4 is 17.7 Å². The Kier molecular flexibility index (Phi) is 5.02. The summed E-state index contributed by atoms with van der Waals surface area (Å²) in [5.41, 5.74) is 1.96. The molecule has 1 aliphatic heterocycles. The molecular formula is C20H24N2O3. The smallest absolute Gasteiger partial charge is 0.232 e. The number of hydrogen-bond acceptors (Lipinski definition) is 3. The highest BCUT2D eigenvalue weighted by Crippen LogP contribution is 2.40. The fourth-order valence-corrected chi connectivity index (χ4v) is 4.04. The van der Waals surface area contributed by atoms with Crippen molar-refractivity contribution in [2.75, 3.05) is 0 Å². The van der Waals surface area contributed by atoms with Crippen LogP contribution in [0.4, 0.5) is 0 Å². The van der Waals surface area contributed by atoms with Gasteiger partial charge in [-0.2, -0.15) is 0 Å². The molecule has 4 atom stereocenters. The van der Waals surface area contributed by atoms with E-state index >= 15 is 0 Å². The number of fused-ring (bicyclic) bond motifs is 1. The minimum atomic E-state index is -0.503. The van der Waals surface area contributed by atoms with Crippen molar-refractivity contribution < 1.29 is 14.4 Å². The zero-order valence-electron chi connectivity index (χ0n) is 14.6. The fraction of sp³-hybridized carbons (Fsp3) is 0.450. The van der Waals surface area contributed by atoms with Crippen molar-refractivity contribution in [3.8, 4) is 0 Å². The Hall–Kier alpha value is -2.43. The first-order valence-corrected chi connectivity index (χ1v) is 8.93. The van der Waals surface area contributed by atoms with Gasteiger partial charge >= 0.3 is 0 Å². The summed E-state index contributed by atoms with van der Waals surface area (Å²) < 4.78 is 0. The zero-order chi connectivity index (χ0) is 18.0. The van der Waals surface area contributed by atoms with Crippen LogP contribution < -0.4 is 10.6 Å². The number of carbonyl (C=O) groups is 3. The molecule has 0 saturated carbocycles. The van der Waals surface area contributed by atoms with Crippen LogP contribution in [0.5, 0.6) is 0 Å². The quantitative estimate of drug-likeness (QED) is 0.636. The van der Waals surface area contributed by atoms with Gasteiger partial charge in [0.2, 0.25) is 17.7 Å². The van der Waals surface area contributed by atoms with Crippen molar-refractivity contribution in [1.82, 2.24) is 10.6 Å². The van der Waals surface area contributed by atoms with E-state index in [1.165, 1.54) is 0 Å². The highest BCUT2D eigenvalue weighted by atomic mass is 16.2. The number of nitrogens with one attached hydrogen (secondary N) is 2.